The Morgan fingerprint density at radius 1 is 0.793 bits per heavy atom. The molecule has 0 fully saturated rings. The summed E-state index contributed by atoms with van der Waals surface area (Å²) in [7, 11) is 1.59. The van der Waals surface area contributed by atoms with Crippen molar-refractivity contribution in [2.75, 3.05) is 26.9 Å². The zero-order valence-electron chi connectivity index (χ0n) is 16.5. The normalized spacial score (nSPS) is 10.2. The molecule has 0 aliphatic rings. The lowest BCUT2D eigenvalue weighted by Gasteiger charge is -2.13. The van der Waals surface area contributed by atoms with Gasteiger partial charge in [-0.25, -0.2) is 0 Å². The summed E-state index contributed by atoms with van der Waals surface area (Å²) in [6, 6.07) is 25.4. The number of amides is 1. The predicted octanol–water partition coefficient (Wildman–Crippen LogP) is 3.86. The minimum atomic E-state index is -0.192. The number of ether oxygens (including phenoxy) is 3. The van der Waals surface area contributed by atoms with Crippen molar-refractivity contribution in [2.24, 2.45) is 0 Å². The van der Waals surface area contributed by atoms with Gasteiger partial charge in [0.05, 0.1) is 13.7 Å². The lowest BCUT2D eigenvalue weighted by atomic mass is 10.0. The van der Waals surface area contributed by atoms with Gasteiger partial charge in [0, 0.05) is 6.42 Å². The molecule has 29 heavy (non-hydrogen) atoms. The highest BCUT2D eigenvalue weighted by atomic mass is 16.5. The molecule has 0 bridgehead atoms. The number of carbonyl (C=O) groups excluding carboxylic acids is 1. The molecule has 5 heteroatoms. The van der Waals surface area contributed by atoms with Gasteiger partial charge >= 0.3 is 0 Å². The molecule has 0 radical (unpaired) electrons. The number of para-hydroxylation sites is 3. The molecule has 3 aromatic carbocycles. The predicted molar refractivity (Wildman–Crippen MR) is 113 cm³/mol. The number of hydrogen-bond donors (Lipinski definition) is 1. The van der Waals surface area contributed by atoms with Crippen molar-refractivity contribution in [3.8, 4) is 17.2 Å². The molecule has 0 aliphatic heterocycles. The van der Waals surface area contributed by atoms with Crippen molar-refractivity contribution in [1.82, 2.24) is 5.32 Å². The lowest BCUT2D eigenvalue weighted by Crippen LogP contribution is -2.32. The van der Waals surface area contributed by atoms with E-state index in [-0.39, 0.29) is 12.5 Å². The first kappa shape index (κ1) is 20.3. The van der Waals surface area contributed by atoms with E-state index in [2.05, 4.69) is 17.4 Å². The van der Waals surface area contributed by atoms with Gasteiger partial charge in [-0.3, -0.25) is 4.79 Å². The highest BCUT2D eigenvalue weighted by Gasteiger charge is 2.08. The minimum Gasteiger partial charge on any atom is -0.493 e. The van der Waals surface area contributed by atoms with E-state index in [9.17, 15) is 4.79 Å². The van der Waals surface area contributed by atoms with Crippen molar-refractivity contribution in [1.29, 1.82) is 0 Å². The lowest BCUT2D eigenvalue weighted by molar-refractivity contribution is -0.123. The van der Waals surface area contributed by atoms with E-state index >= 15 is 0 Å². The summed E-state index contributed by atoms with van der Waals surface area (Å²) in [6.07, 6.45) is 0.755. The number of carbonyl (C=O) groups is 1. The zero-order valence-corrected chi connectivity index (χ0v) is 16.5. The molecule has 0 saturated carbocycles. The molecule has 0 spiro atoms. The van der Waals surface area contributed by atoms with Gasteiger partial charge in [0.25, 0.3) is 5.91 Å². The summed E-state index contributed by atoms with van der Waals surface area (Å²) < 4.78 is 16.6. The van der Waals surface area contributed by atoms with E-state index in [1.165, 1.54) is 5.56 Å². The average Bonchev–Trinajstić information content (AvgIpc) is 2.77. The van der Waals surface area contributed by atoms with E-state index < -0.39 is 0 Å². The van der Waals surface area contributed by atoms with Crippen molar-refractivity contribution < 1.29 is 19.0 Å². The van der Waals surface area contributed by atoms with Crippen molar-refractivity contribution in [3.05, 3.63) is 90.0 Å². The van der Waals surface area contributed by atoms with E-state index in [4.69, 9.17) is 14.2 Å². The maximum absolute atomic E-state index is 12.1. The standard InChI is InChI=1S/C24H25NO4/c1-27-22-13-7-8-14-23(22)28-16-15-25-24(26)18-29-21-12-6-5-11-20(21)17-19-9-3-2-4-10-19/h2-14H,15-18H2,1H3,(H,25,26). The summed E-state index contributed by atoms with van der Waals surface area (Å²) in [4.78, 5) is 12.1. The van der Waals surface area contributed by atoms with Crippen molar-refractivity contribution >= 4 is 5.91 Å². The van der Waals surface area contributed by atoms with E-state index in [0.29, 0.717) is 24.7 Å². The second kappa shape index (κ2) is 10.8. The molecule has 0 unspecified atom stereocenters. The summed E-state index contributed by atoms with van der Waals surface area (Å²) in [5, 5.41) is 2.80. The molecule has 1 N–H and O–H groups in total. The summed E-state index contributed by atoms with van der Waals surface area (Å²) in [5.41, 5.74) is 2.24. The Balaban J connectivity index is 1.44. The molecule has 1 amide bonds. The molecular formula is C24H25NO4. The van der Waals surface area contributed by atoms with Crippen LogP contribution in [-0.2, 0) is 11.2 Å². The average molecular weight is 391 g/mol. The Kier molecular flexibility index (Phi) is 7.52. The minimum absolute atomic E-state index is 0.0412. The molecule has 5 nitrogen and oxygen atoms in total. The van der Waals surface area contributed by atoms with Crippen LogP contribution in [0.3, 0.4) is 0 Å². The van der Waals surface area contributed by atoms with Crippen LogP contribution in [-0.4, -0.2) is 32.8 Å². The Morgan fingerprint density at radius 2 is 1.45 bits per heavy atom. The second-order valence-electron chi connectivity index (χ2n) is 6.41. The largest absolute Gasteiger partial charge is 0.493 e. The number of benzene rings is 3. The van der Waals surface area contributed by atoms with Crippen LogP contribution in [0.4, 0.5) is 0 Å². The van der Waals surface area contributed by atoms with Crippen LogP contribution in [0, 0.1) is 0 Å². The van der Waals surface area contributed by atoms with Gasteiger partial charge in [-0.1, -0.05) is 60.7 Å². The van der Waals surface area contributed by atoms with Crippen LogP contribution in [0.25, 0.3) is 0 Å². The molecule has 0 aliphatic carbocycles. The van der Waals surface area contributed by atoms with Crippen LogP contribution in [0.5, 0.6) is 17.2 Å². The molecule has 0 saturated heterocycles. The van der Waals surface area contributed by atoms with Gasteiger partial charge in [0.15, 0.2) is 18.1 Å². The first-order valence-electron chi connectivity index (χ1n) is 9.53. The van der Waals surface area contributed by atoms with Gasteiger partial charge in [0.2, 0.25) is 0 Å². The third-order valence-corrected chi connectivity index (χ3v) is 4.32. The Hall–Kier alpha value is -3.47. The smallest absolute Gasteiger partial charge is 0.258 e. The monoisotopic (exact) mass is 391 g/mol. The third kappa shape index (κ3) is 6.28. The van der Waals surface area contributed by atoms with Gasteiger partial charge in [-0.15, -0.1) is 0 Å². The zero-order chi connectivity index (χ0) is 20.3. The van der Waals surface area contributed by atoms with Crippen LogP contribution < -0.4 is 19.5 Å². The van der Waals surface area contributed by atoms with E-state index in [1.807, 2.05) is 66.7 Å². The van der Waals surface area contributed by atoms with E-state index in [1.54, 1.807) is 7.11 Å². The fourth-order valence-corrected chi connectivity index (χ4v) is 2.89. The van der Waals surface area contributed by atoms with Crippen LogP contribution in [0.15, 0.2) is 78.9 Å². The fraction of sp³-hybridized carbons (Fsp3) is 0.208. The first-order valence-corrected chi connectivity index (χ1v) is 9.53. The van der Waals surface area contributed by atoms with Gasteiger partial charge in [0.1, 0.15) is 12.4 Å². The molecule has 3 aromatic rings. The molecule has 150 valence electrons. The Bertz CT molecular complexity index is 912. The highest BCUT2D eigenvalue weighted by molar-refractivity contribution is 5.77. The van der Waals surface area contributed by atoms with E-state index in [0.717, 1.165) is 17.7 Å². The summed E-state index contributed by atoms with van der Waals surface area (Å²) in [6.45, 7) is 0.684. The van der Waals surface area contributed by atoms with Crippen LogP contribution >= 0.6 is 0 Å². The second-order valence-corrected chi connectivity index (χ2v) is 6.41. The molecule has 0 heterocycles. The Labute approximate surface area is 171 Å². The molecule has 3 rings (SSSR count). The van der Waals surface area contributed by atoms with Crippen molar-refractivity contribution in [3.63, 3.8) is 0 Å². The number of rotatable bonds is 10. The first-order chi connectivity index (χ1) is 14.3. The van der Waals surface area contributed by atoms with Crippen LogP contribution in [0.1, 0.15) is 11.1 Å². The van der Waals surface area contributed by atoms with Crippen molar-refractivity contribution in [2.45, 2.75) is 6.42 Å². The molecule has 0 aromatic heterocycles. The fourth-order valence-electron chi connectivity index (χ4n) is 2.89. The summed E-state index contributed by atoms with van der Waals surface area (Å²) in [5.74, 6) is 1.84. The van der Waals surface area contributed by atoms with Gasteiger partial charge < -0.3 is 19.5 Å². The van der Waals surface area contributed by atoms with Gasteiger partial charge in [-0.2, -0.15) is 0 Å². The third-order valence-electron chi connectivity index (χ3n) is 4.32. The Morgan fingerprint density at radius 3 is 2.21 bits per heavy atom. The number of nitrogens with one attached hydrogen (secondary N) is 1. The maximum atomic E-state index is 12.1. The van der Waals surface area contributed by atoms with Crippen LogP contribution in [0.2, 0.25) is 0 Å². The van der Waals surface area contributed by atoms with Gasteiger partial charge in [-0.05, 0) is 29.3 Å². The maximum Gasteiger partial charge on any atom is 0.258 e. The number of methoxy groups -OCH3 is 1. The highest BCUT2D eigenvalue weighted by Crippen LogP contribution is 2.25. The number of hydrogen-bond acceptors (Lipinski definition) is 4. The summed E-state index contributed by atoms with van der Waals surface area (Å²) >= 11 is 0. The SMILES string of the molecule is COc1ccccc1OCCNC(=O)COc1ccccc1Cc1ccccc1. The molecular weight excluding hydrogens is 366 g/mol. The molecule has 0 atom stereocenters. The quantitative estimate of drug-likeness (QED) is 0.533. The topological polar surface area (TPSA) is 56.8 Å².